The second-order valence-corrected chi connectivity index (χ2v) is 5.11. The van der Waals surface area contributed by atoms with Crippen molar-refractivity contribution in [1.29, 1.82) is 0 Å². The van der Waals surface area contributed by atoms with Gasteiger partial charge in [-0.05, 0) is 31.7 Å². The van der Waals surface area contributed by atoms with E-state index in [0.717, 1.165) is 43.1 Å². The van der Waals surface area contributed by atoms with Crippen LogP contribution in [0.4, 0.5) is 4.39 Å². The highest BCUT2D eigenvalue weighted by Crippen LogP contribution is 2.24. The maximum Gasteiger partial charge on any atom is 0.164 e. The van der Waals surface area contributed by atoms with Crippen molar-refractivity contribution in [2.75, 3.05) is 0 Å². The number of aromatic nitrogens is 5. The molecule has 0 radical (unpaired) electrons. The minimum Gasteiger partial charge on any atom is -0.267 e. The lowest BCUT2D eigenvalue weighted by atomic mass is 9.98. The van der Waals surface area contributed by atoms with Crippen LogP contribution in [0.3, 0.4) is 0 Å². The summed E-state index contributed by atoms with van der Waals surface area (Å²) >= 11 is 6.32. The fraction of sp³-hybridized carbons (Fsp3) is 0.286. The van der Waals surface area contributed by atoms with E-state index in [0.29, 0.717) is 16.5 Å². The molecule has 1 aliphatic carbocycles. The predicted octanol–water partition coefficient (Wildman–Crippen LogP) is 3.06. The zero-order chi connectivity index (χ0) is 14.7. The van der Waals surface area contributed by atoms with E-state index in [9.17, 15) is 4.39 Å². The lowest BCUT2D eigenvalue weighted by Gasteiger charge is -2.12. The van der Waals surface area contributed by atoms with Crippen LogP contribution < -0.4 is 0 Å². The smallest absolute Gasteiger partial charge is 0.164 e. The zero-order valence-electron chi connectivity index (χ0n) is 11.2. The van der Waals surface area contributed by atoms with Crippen LogP contribution in [0.2, 0.25) is 5.15 Å². The van der Waals surface area contributed by atoms with Gasteiger partial charge in [-0.15, -0.1) is 0 Å². The number of H-pyrrole nitrogens is 1. The van der Waals surface area contributed by atoms with Crippen LogP contribution >= 0.6 is 11.6 Å². The molecule has 0 atom stereocenters. The molecule has 0 saturated carbocycles. The van der Waals surface area contributed by atoms with Crippen molar-refractivity contribution in [2.45, 2.75) is 25.7 Å². The number of hydrogen-bond acceptors (Lipinski definition) is 4. The van der Waals surface area contributed by atoms with Gasteiger partial charge in [-0.3, -0.25) is 10.1 Å². The van der Waals surface area contributed by atoms with Crippen molar-refractivity contribution in [3.05, 3.63) is 47.0 Å². The Kier molecular flexibility index (Phi) is 4.06. The third kappa shape index (κ3) is 3.16. The van der Waals surface area contributed by atoms with E-state index in [1.807, 2.05) is 0 Å². The number of fused-ring (bicyclic) bond motifs is 1. The summed E-state index contributed by atoms with van der Waals surface area (Å²) in [5.41, 5.74) is 2.29. The van der Waals surface area contributed by atoms with E-state index in [1.54, 1.807) is 0 Å². The van der Waals surface area contributed by atoms with Gasteiger partial charge in [0.15, 0.2) is 5.82 Å². The monoisotopic (exact) mass is 305 g/mol. The third-order valence-electron chi connectivity index (χ3n) is 3.30. The Bertz CT molecular complexity index is 714. The van der Waals surface area contributed by atoms with Gasteiger partial charge < -0.3 is 0 Å². The molecule has 0 unspecified atom stereocenters. The van der Waals surface area contributed by atoms with Gasteiger partial charge in [-0.25, -0.2) is 14.4 Å². The molecule has 0 bridgehead atoms. The van der Waals surface area contributed by atoms with Crippen molar-refractivity contribution in [3.8, 4) is 11.4 Å². The largest absolute Gasteiger partial charge is 0.267 e. The van der Waals surface area contributed by atoms with Crippen molar-refractivity contribution in [1.82, 2.24) is 25.1 Å². The van der Waals surface area contributed by atoms with E-state index in [2.05, 4.69) is 25.1 Å². The van der Waals surface area contributed by atoms with Gasteiger partial charge in [0, 0.05) is 17.3 Å². The van der Waals surface area contributed by atoms with Crippen LogP contribution in [0.25, 0.3) is 11.4 Å². The first-order valence-corrected chi connectivity index (χ1v) is 7.05. The number of nitrogens with one attached hydrogen (secondary N) is 1. The molecule has 5 nitrogen and oxygen atoms in total. The quantitative estimate of drug-likeness (QED) is 0.879. The van der Waals surface area contributed by atoms with Crippen LogP contribution in [-0.4, -0.2) is 25.1 Å². The summed E-state index contributed by atoms with van der Waals surface area (Å²) in [5.74, 6) is -0.148. The topological polar surface area (TPSA) is 67.3 Å². The molecule has 0 aromatic carbocycles. The van der Waals surface area contributed by atoms with Gasteiger partial charge in [0.2, 0.25) is 0 Å². The van der Waals surface area contributed by atoms with Crippen LogP contribution in [-0.2, 0) is 12.8 Å². The predicted molar refractivity (Wildman–Crippen MR) is 76.6 cm³/mol. The first-order valence-electron chi connectivity index (χ1n) is 6.67. The second kappa shape index (κ2) is 6.13. The highest BCUT2D eigenvalue weighted by atomic mass is 35.5. The van der Waals surface area contributed by atoms with E-state index in [-0.39, 0.29) is 0 Å². The Balaban J connectivity index is 2.19. The molecule has 0 spiro atoms. The molecule has 0 saturated heterocycles. The average molecular weight is 306 g/mol. The molecular weight excluding hydrogens is 293 g/mol. The van der Waals surface area contributed by atoms with E-state index >= 15 is 0 Å². The van der Waals surface area contributed by atoms with E-state index < -0.39 is 5.82 Å². The molecule has 0 fully saturated rings. The summed E-state index contributed by atoms with van der Waals surface area (Å²) in [5, 5.41) is 7.40. The Morgan fingerprint density at radius 3 is 2.90 bits per heavy atom. The Morgan fingerprint density at radius 2 is 2.05 bits per heavy atom. The fourth-order valence-electron chi connectivity index (χ4n) is 2.29. The average Bonchev–Trinajstić information content (AvgIpc) is 2.57. The molecule has 1 aliphatic rings. The van der Waals surface area contributed by atoms with Gasteiger partial charge in [-0.2, -0.15) is 5.10 Å². The Morgan fingerprint density at radius 1 is 1.19 bits per heavy atom. The van der Waals surface area contributed by atoms with Gasteiger partial charge >= 0.3 is 0 Å². The molecule has 108 valence electrons. The number of nitrogens with zero attached hydrogens (tertiary/aromatic N) is 4. The number of halogens is 2. The molecule has 0 amide bonds. The van der Waals surface area contributed by atoms with Gasteiger partial charge in [0.1, 0.15) is 17.3 Å². The fourth-order valence-corrected chi connectivity index (χ4v) is 2.58. The lowest BCUT2D eigenvalue weighted by molar-refractivity contribution is 0.622. The summed E-state index contributed by atoms with van der Waals surface area (Å²) in [6.07, 6.45) is 7.86. The summed E-state index contributed by atoms with van der Waals surface area (Å²) in [6, 6.07) is 1.32. The number of rotatable bonds is 1. The second-order valence-electron chi connectivity index (χ2n) is 4.75. The van der Waals surface area contributed by atoms with Gasteiger partial charge in [-0.1, -0.05) is 11.6 Å². The van der Waals surface area contributed by atoms with E-state index in [1.165, 1.54) is 18.6 Å². The molecule has 21 heavy (non-hydrogen) atoms. The molecule has 2 aromatic heterocycles. The van der Waals surface area contributed by atoms with E-state index in [4.69, 9.17) is 11.6 Å². The Hall–Kier alpha value is -2.08. The standard InChI is InChI=1S/C14H13ClFN5/c15-13-11-3-1-2-4-12(11)21-19-8-18-14(20-13)9-5-10(16)7-17-6-9/h5-8H,1-4H2,(H,18,19,20). The number of pyridine rings is 1. The molecule has 2 heterocycles. The molecular formula is C14H13ClFN5. The summed E-state index contributed by atoms with van der Waals surface area (Å²) in [4.78, 5) is 12.3. The number of hydrogen-bond donors (Lipinski definition) is 1. The minimum atomic E-state index is -0.448. The maximum absolute atomic E-state index is 13.3. The molecule has 7 heteroatoms. The van der Waals surface area contributed by atoms with Crippen molar-refractivity contribution in [2.24, 2.45) is 0 Å². The summed E-state index contributed by atoms with van der Waals surface area (Å²) in [7, 11) is 0. The third-order valence-corrected chi connectivity index (χ3v) is 3.61. The maximum atomic E-state index is 13.3. The van der Waals surface area contributed by atoms with Crippen molar-refractivity contribution in [3.63, 3.8) is 0 Å². The van der Waals surface area contributed by atoms with Crippen molar-refractivity contribution >= 4 is 11.6 Å². The normalized spacial score (nSPS) is 13.4. The molecule has 1 N–H and O–H groups in total. The summed E-state index contributed by atoms with van der Waals surface area (Å²) < 4.78 is 13.3. The van der Waals surface area contributed by atoms with Gasteiger partial charge in [0.25, 0.3) is 0 Å². The molecule has 0 aliphatic heterocycles. The van der Waals surface area contributed by atoms with Crippen LogP contribution in [0.1, 0.15) is 24.1 Å². The highest BCUT2D eigenvalue weighted by molar-refractivity contribution is 6.30. The first kappa shape index (κ1) is 13.9. The first-order chi connectivity index (χ1) is 10.2. The van der Waals surface area contributed by atoms with Crippen molar-refractivity contribution < 1.29 is 4.39 Å². The van der Waals surface area contributed by atoms with Crippen LogP contribution in [0.5, 0.6) is 0 Å². The van der Waals surface area contributed by atoms with Crippen LogP contribution in [0.15, 0.2) is 24.8 Å². The highest BCUT2D eigenvalue weighted by Gasteiger charge is 2.14. The lowest BCUT2D eigenvalue weighted by Crippen LogP contribution is -2.05. The molecule has 2 aromatic rings. The zero-order valence-corrected chi connectivity index (χ0v) is 11.9. The Labute approximate surface area is 126 Å². The number of aromatic amines is 1. The SMILES string of the molecule is Fc1cncc(-c2nc[nH]nc3c(c(Cl)n2)CCCC3)c1. The van der Waals surface area contributed by atoms with Crippen LogP contribution in [0, 0.1) is 5.82 Å². The van der Waals surface area contributed by atoms with Gasteiger partial charge in [0.05, 0.1) is 11.9 Å². The minimum absolute atomic E-state index is 0.300. The summed E-state index contributed by atoms with van der Waals surface area (Å²) in [6.45, 7) is 0. The molecule has 3 rings (SSSR count). The number of aryl methyl sites for hydroxylation is 1.